The molecule has 1 aliphatic heterocycles. The third kappa shape index (κ3) is 3.70. The van der Waals surface area contributed by atoms with Crippen molar-refractivity contribution in [2.75, 3.05) is 10.7 Å². The average Bonchev–Trinajstić information content (AvgIpc) is 2.78. The second-order valence-electron chi connectivity index (χ2n) is 5.05. The maximum absolute atomic E-state index is 13.1. The number of hydrogen-bond acceptors (Lipinski definition) is 5. The van der Waals surface area contributed by atoms with E-state index in [-0.39, 0.29) is 12.2 Å². The maximum atomic E-state index is 13.1. The number of benzene rings is 1. The van der Waals surface area contributed by atoms with Crippen LogP contribution in [0.15, 0.2) is 24.3 Å². The summed E-state index contributed by atoms with van der Waals surface area (Å²) in [7, 11) is 0. The number of nitrogens with two attached hydrogens (primary N) is 1. The Morgan fingerprint density at radius 1 is 1.38 bits per heavy atom. The number of anilines is 1. The number of amides is 2. The van der Waals surface area contributed by atoms with Crippen LogP contribution in [0, 0.1) is 0 Å². The Bertz CT molecular complexity index is 680. The topological polar surface area (TPSA) is 101 Å². The fraction of sp³-hybridized carbons (Fsp3) is 0.357. The molecule has 2 rings (SSSR count). The molecule has 1 saturated heterocycles. The maximum Gasteiger partial charge on any atom is 0.418 e. The molecule has 6 nitrogen and oxygen atoms in total. The van der Waals surface area contributed by atoms with Gasteiger partial charge in [-0.25, -0.2) is 4.90 Å². The molecule has 2 atom stereocenters. The molecule has 24 heavy (non-hydrogen) atoms. The number of rotatable bonds is 5. The third-order valence-electron chi connectivity index (χ3n) is 3.35. The van der Waals surface area contributed by atoms with Crippen molar-refractivity contribution >= 4 is 35.2 Å². The number of halogens is 3. The van der Waals surface area contributed by atoms with Gasteiger partial charge in [0.1, 0.15) is 6.04 Å². The number of carboxylic acid groups (broad SMARTS) is 1. The van der Waals surface area contributed by atoms with Crippen LogP contribution in [-0.4, -0.2) is 39.9 Å². The zero-order valence-electron chi connectivity index (χ0n) is 12.1. The Hall–Kier alpha value is -2.07. The van der Waals surface area contributed by atoms with Crippen LogP contribution >= 0.6 is 11.8 Å². The van der Waals surface area contributed by atoms with Gasteiger partial charge < -0.3 is 10.8 Å². The van der Waals surface area contributed by atoms with E-state index in [0.29, 0.717) is 4.90 Å². The molecule has 1 aromatic carbocycles. The highest BCUT2D eigenvalue weighted by atomic mass is 32.2. The molecular formula is C14H13F3N2O4S. The number of carboxylic acids is 1. The number of imide groups is 1. The lowest BCUT2D eigenvalue weighted by Gasteiger charge is -2.20. The summed E-state index contributed by atoms with van der Waals surface area (Å²) in [5, 5.41) is 7.75. The summed E-state index contributed by atoms with van der Waals surface area (Å²) in [5.41, 5.74) is 3.72. The fourth-order valence-corrected chi connectivity index (χ4v) is 3.28. The van der Waals surface area contributed by atoms with Crippen molar-refractivity contribution in [3.8, 4) is 0 Å². The van der Waals surface area contributed by atoms with Gasteiger partial charge in [0.2, 0.25) is 11.8 Å². The Balaban J connectivity index is 2.23. The first-order chi connectivity index (χ1) is 11.1. The lowest BCUT2D eigenvalue weighted by molar-refractivity contribution is -0.138. The lowest BCUT2D eigenvalue weighted by atomic mass is 10.1. The molecule has 1 aliphatic rings. The number of alkyl halides is 3. The number of nitrogens with zero attached hydrogens (tertiary/aromatic N) is 1. The van der Waals surface area contributed by atoms with Crippen molar-refractivity contribution in [2.45, 2.75) is 23.9 Å². The van der Waals surface area contributed by atoms with Crippen LogP contribution < -0.4 is 10.6 Å². The number of para-hydroxylation sites is 1. The molecule has 1 aromatic rings. The van der Waals surface area contributed by atoms with Gasteiger partial charge in [0.15, 0.2) is 0 Å². The van der Waals surface area contributed by atoms with Crippen LogP contribution in [0.1, 0.15) is 12.0 Å². The number of aliphatic carboxylic acids is 1. The first-order valence-corrected chi connectivity index (χ1v) is 7.80. The molecule has 0 saturated carbocycles. The lowest BCUT2D eigenvalue weighted by Crippen LogP contribution is -2.35. The zero-order valence-corrected chi connectivity index (χ0v) is 12.9. The minimum atomic E-state index is -4.71. The monoisotopic (exact) mass is 362 g/mol. The summed E-state index contributed by atoms with van der Waals surface area (Å²) in [5.74, 6) is -2.97. The largest absolute Gasteiger partial charge is 0.480 e. The van der Waals surface area contributed by atoms with Gasteiger partial charge in [0.25, 0.3) is 0 Å². The Morgan fingerprint density at radius 3 is 2.58 bits per heavy atom. The van der Waals surface area contributed by atoms with Gasteiger partial charge in [0, 0.05) is 12.2 Å². The predicted octanol–water partition coefficient (Wildman–Crippen LogP) is 1.48. The minimum absolute atomic E-state index is 0.131. The first kappa shape index (κ1) is 18.3. The molecule has 2 amide bonds. The van der Waals surface area contributed by atoms with Crippen LogP contribution in [0.3, 0.4) is 0 Å². The van der Waals surface area contributed by atoms with Gasteiger partial charge in [-0.1, -0.05) is 12.1 Å². The normalized spacial score (nSPS) is 19.7. The SMILES string of the molecule is NC(CSC1CC(=O)N(c2ccccc2C(F)(F)F)C1=O)C(=O)O. The van der Waals surface area contributed by atoms with Gasteiger partial charge in [-0.15, -0.1) is 11.8 Å². The van der Waals surface area contributed by atoms with Crippen LogP contribution in [0.25, 0.3) is 0 Å². The van der Waals surface area contributed by atoms with E-state index in [4.69, 9.17) is 10.8 Å². The van der Waals surface area contributed by atoms with E-state index in [2.05, 4.69) is 0 Å². The minimum Gasteiger partial charge on any atom is -0.480 e. The second kappa shape index (κ2) is 6.81. The Labute approximate surface area is 138 Å². The van der Waals surface area contributed by atoms with Crippen LogP contribution in [0.2, 0.25) is 0 Å². The van der Waals surface area contributed by atoms with Crippen LogP contribution in [0.4, 0.5) is 18.9 Å². The molecule has 0 bridgehead atoms. The number of hydrogen-bond donors (Lipinski definition) is 2. The van der Waals surface area contributed by atoms with Gasteiger partial charge in [0.05, 0.1) is 16.5 Å². The molecule has 1 heterocycles. The molecule has 0 aliphatic carbocycles. The number of carbonyl (C=O) groups excluding carboxylic acids is 2. The summed E-state index contributed by atoms with van der Waals surface area (Å²) in [6.45, 7) is 0. The van der Waals surface area contributed by atoms with Gasteiger partial charge in [-0.05, 0) is 12.1 Å². The van der Waals surface area contributed by atoms with E-state index in [0.717, 1.165) is 30.0 Å². The molecule has 130 valence electrons. The molecular weight excluding hydrogens is 349 g/mol. The molecule has 2 unspecified atom stereocenters. The van der Waals surface area contributed by atoms with Gasteiger partial charge in [-0.2, -0.15) is 13.2 Å². The molecule has 1 fully saturated rings. The quantitative estimate of drug-likeness (QED) is 0.770. The summed E-state index contributed by atoms with van der Waals surface area (Å²) >= 11 is 0.845. The van der Waals surface area contributed by atoms with Crippen molar-refractivity contribution in [1.82, 2.24) is 0 Å². The van der Waals surface area contributed by atoms with E-state index in [9.17, 15) is 27.6 Å². The predicted molar refractivity (Wildman–Crippen MR) is 80.4 cm³/mol. The molecule has 0 aromatic heterocycles. The molecule has 0 spiro atoms. The van der Waals surface area contributed by atoms with E-state index in [1.54, 1.807) is 0 Å². The zero-order chi connectivity index (χ0) is 18.1. The van der Waals surface area contributed by atoms with Crippen molar-refractivity contribution in [2.24, 2.45) is 5.73 Å². The van der Waals surface area contributed by atoms with Gasteiger partial charge >= 0.3 is 12.1 Å². The standard InChI is InChI=1S/C14H13F3N2O4S/c15-14(16,17)7-3-1-2-4-9(7)19-11(20)5-10(12(19)21)24-6-8(18)13(22)23/h1-4,8,10H,5-6,18H2,(H,22,23). The first-order valence-electron chi connectivity index (χ1n) is 6.76. The van der Waals surface area contributed by atoms with Gasteiger partial charge in [-0.3, -0.25) is 14.4 Å². The van der Waals surface area contributed by atoms with Crippen molar-refractivity contribution in [3.05, 3.63) is 29.8 Å². The molecule has 0 radical (unpaired) electrons. The number of thioether (sulfide) groups is 1. The van der Waals surface area contributed by atoms with Crippen molar-refractivity contribution < 1.29 is 32.7 Å². The fourth-order valence-electron chi connectivity index (χ4n) is 2.19. The smallest absolute Gasteiger partial charge is 0.418 e. The highest BCUT2D eigenvalue weighted by Crippen LogP contribution is 2.39. The number of carbonyl (C=O) groups is 3. The Kier molecular flexibility index (Phi) is 5.19. The third-order valence-corrected chi connectivity index (χ3v) is 4.67. The highest BCUT2D eigenvalue weighted by Gasteiger charge is 2.44. The van der Waals surface area contributed by atoms with Crippen molar-refractivity contribution in [1.29, 1.82) is 0 Å². The summed E-state index contributed by atoms with van der Waals surface area (Å²) in [6.07, 6.45) is -5.02. The van der Waals surface area contributed by atoms with E-state index >= 15 is 0 Å². The summed E-state index contributed by atoms with van der Waals surface area (Å²) in [6, 6.07) is 3.07. The highest BCUT2D eigenvalue weighted by molar-refractivity contribution is 8.00. The summed E-state index contributed by atoms with van der Waals surface area (Å²) in [4.78, 5) is 35.5. The van der Waals surface area contributed by atoms with E-state index in [1.165, 1.54) is 6.07 Å². The van der Waals surface area contributed by atoms with E-state index < -0.39 is 46.5 Å². The molecule has 3 N–H and O–H groups in total. The Morgan fingerprint density at radius 2 is 2.00 bits per heavy atom. The van der Waals surface area contributed by atoms with Crippen LogP contribution in [0.5, 0.6) is 0 Å². The summed E-state index contributed by atoms with van der Waals surface area (Å²) < 4.78 is 39.2. The average molecular weight is 362 g/mol. The van der Waals surface area contributed by atoms with Crippen molar-refractivity contribution in [3.63, 3.8) is 0 Å². The second-order valence-corrected chi connectivity index (χ2v) is 6.29. The van der Waals surface area contributed by atoms with E-state index in [1.807, 2.05) is 0 Å². The molecule has 10 heteroatoms. The van der Waals surface area contributed by atoms with Crippen LogP contribution in [-0.2, 0) is 20.6 Å².